The van der Waals surface area contributed by atoms with E-state index in [4.69, 9.17) is 5.11 Å². The van der Waals surface area contributed by atoms with Crippen molar-refractivity contribution in [2.75, 3.05) is 13.1 Å². The molecule has 1 aromatic heterocycles. The molecule has 1 saturated heterocycles. The van der Waals surface area contributed by atoms with Crippen molar-refractivity contribution in [1.29, 1.82) is 0 Å². The van der Waals surface area contributed by atoms with Crippen molar-refractivity contribution in [2.45, 2.75) is 32.7 Å². The van der Waals surface area contributed by atoms with Gasteiger partial charge in [0.1, 0.15) is 5.69 Å². The van der Waals surface area contributed by atoms with Crippen LogP contribution in [0.25, 0.3) is 11.1 Å². The van der Waals surface area contributed by atoms with Gasteiger partial charge in [-0.25, -0.2) is 4.79 Å². The van der Waals surface area contributed by atoms with Crippen LogP contribution in [0.2, 0.25) is 0 Å². The molecule has 1 aromatic carbocycles. The number of carboxylic acids is 1. The van der Waals surface area contributed by atoms with E-state index < -0.39 is 5.97 Å². The zero-order valence-electron chi connectivity index (χ0n) is 13.1. The summed E-state index contributed by atoms with van der Waals surface area (Å²) < 4.78 is 0. The molecular formula is C18H22N2O2. The summed E-state index contributed by atoms with van der Waals surface area (Å²) in [7, 11) is 0. The molecule has 2 aromatic rings. The van der Waals surface area contributed by atoms with Crippen LogP contribution in [0.1, 0.15) is 47.6 Å². The number of H-pyrrole nitrogens is 1. The zero-order valence-corrected chi connectivity index (χ0v) is 13.1. The van der Waals surface area contributed by atoms with Crippen molar-refractivity contribution < 1.29 is 9.90 Å². The van der Waals surface area contributed by atoms with Gasteiger partial charge in [0.05, 0.1) is 0 Å². The van der Waals surface area contributed by atoms with Gasteiger partial charge < -0.3 is 10.1 Å². The fraction of sp³-hybridized carbons (Fsp3) is 0.389. The third-order valence-corrected chi connectivity index (χ3v) is 4.64. The number of carbonyl (C=O) groups is 1. The molecular weight excluding hydrogens is 276 g/mol. The summed E-state index contributed by atoms with van der Waals surface area (Å²) in [6.45, 7) is 6.52. The highest BCUT2D eigenvalue weighted by atomic mass is 16.4. The summed E-state index contributed by atoms with van der Waals surface area (Å²) in [6.07, 6.45) is 2.59. The Bertz CT molecular complexity index is 667. The molecule has 0 amide bonds. The van der Waals surface area contributed by atoms with Gasteiger partial charge in [-0.3, -0.25) is 4.90 Å². The number of nitrogens with zero attached hydrogens (tertiary/aromatic N) is 1. The largest absolute Gasteiger partial charge is 0.477 e. The van der Waals surface area contributed by atoms with Gasteiger partial charge in [0.25, 0.3) is 0 Å². The molecule has 0 aliphatic carbocycles. The molecule has 1 atom stereocenters. The highest BCUT2D eigenvalue weighted by molar-refractivity contribution is 5.88. The summed E-state index contributed by atoms with van der Waals surface area (Å²) in [5.74, 6) is -0.923. The van der Waals surface area contributed by atoms with Crippen molar-refractivity contribution in [3.05, 3.63) is 47.3 Å². The number of carboxylic acid groups (broad SMARTS) is 1. The number of aromatic amines is 1. The first-order chi connectivity index (χ1) is 10.6. The van der Waals surface area contributed by atoms with Crippen LogP contribution in [0.5, 0.6) is 0 Å². The van der Waals surface area contributed by atoms with E-state index in [1.54, 1.807) is 6.07 Å². The summed E-state index contributed by atoms with van der Waals surface area (Å²) in [6, 6.07) is 10.6. The summed E-state index contributed by atoms with van der Waals surface area (Å²) in [4.78, 5) is 16.5. The number of benzene rings is 1. The highest BCUT2D eigenvalue weighted by Crippen LogP contribution is 2.29. The van der Waals surface area contributed by atoms with E-state index in [0.717, 1.165) is 16.8 Å². The Morgan fingerprint density at radius 2 is 1.86 bits per heavy atom. The van der Waals surface area contributed by atoms with Crippen LogP contribution in [0.4, 0.5) is 0 Å². The fourth-order valence-corrected chi connectivity index (χ4v) is 3.25. The molecule has 116 valence electrons. The van der Waals surface area contributed by atoms with E-state index in [9.17, 15) is 4.79 Å². The SMILES string of the molecule is Cc1[nH]c(C(=O)O)cc1-c1ccc([C@@H](C)N2CCCC2)cc1. The second-order valence-electron chi connectivity index (χ2n) is 6.07. The first kappa shape index (κ1) is 14.9. The van der Waals surface area contributed by atoms with E-state index in [1.165, 1.54) is 31.5 Å². The van der Waals surface area contributed by atoms with Crippen molar-refractivity contribution in [2.24, 2.45) is 0 Å². The Kier molecular flexibility index (Phi) is 4.03. The van der Waals surface area contributed by atoms with Gasteiger partial charge in [-0.2, -0.15) is 0 Å². The minimum atomic E-state index is -0.923. The van der Waals surface area contributed by atoms with Gasteiger partial charge >= 0.3 is 5.97 Å². The second-order valence-corrected chi connectivity index (χ2v) is 6.07. The third-order valence-electron chi connectivity index (χ3n) is 4.64. The lowest BCUT2D eigenvalue weighted by Crippen LogP contribution is -2.23. The third kappa shape index (κ3) is 2.79. The van der Waals surface area contributed by atoms with Gasteiger partial charge in [-0.15, -0.1) is 0 Å². The molecule has 1 fully saturated rings. The van der Waals surface area contributed by atoms with Gasteiger partial charge in [0.15, 0.2) is 0 Å². The molecule has 2 heterocycles. The number of rotatable bonds is 4. The maximum atomic E-state index is 11.1. The summed E-state index contributed by atoms with van der Waals surface area (Å²) in [5, 5.41) is 9.07. The Morgan fingerprint density at radius 1 is 1.23 bits per heavy atom. The first-order valence-electron chi connectivity index (χ1n) is 7.83. The average molecular weight is 298 g/mol. The summed E-state index contributed by atoms with van der Waals surface area (Å²) in [5.41, 5.74) is 4.45. The smallest absolute Gasteiger partial charge is 0.352 e. The Labute approximate surface area is 130 Å². The lowest BCUT2D eigenvalue weighted by Gasteiger charge is -2.24. The molecule has 1 aliphatic rings. The van der Waals surface area contributed by atoms with Crippen LogP contribution in [-0.4, -0.2) is 34.0 Å². The lowest BCUT2D eigenvalue weighted by molar-refractivity contribution is 0.0691. The van der Waals surface area contributed by atoms with E-state index in [1.807, 2.05) is 6.92 Å². The average Bonchev–Trinajstić information content (AvgIpc) is 3.16. The number of aromatic nitrogens is 1. The maximum Gasteiger partial charge on any atom is 0.352 e. The molecule has 0 spiro atoms. The van der Waals surface area contributed by atoms with Crippen molar-refractivity contribution in [3.8, 4) is 11.1 Å². The second kappa shape index (κ2) is 5.97. The van der Waals surface area contributed by atoms with Gasteiger partial charge in [0, 0.05) is 17.3 Å². The number of hydrogen-bond acceptors (Lipinski definition) is 2. The number of likely N-dealkylation sites (tertiary alicyclic amines) is 1. The molecule has 22 heavy (non-hydrogen) atoms. The van der Waals surface area contributed by atoms with Crippen molar-refractivity contribution in [3.63, 3.8) is 0 Å². The van der Waals surface area contributed by atoms with Crippen LogP contribution >= 0.6 is 0 Å². The van der Waals surface area contributed by atoms with E-state index in [-0.39, 0.29) is 5.69 Å². The number of aromatic carboxylic acids is 1. The monoisotopic (exact) mass is 298 g/mol. The zero-order chi connectivity index (χ0) is 15.7. The van der Waals surface area contributed by atoms with E-state index in [0.29, 0.717) is 6.04 Å². The lowest BCUT2D eigenvalue weighted by atomic mass is 10.0. The predicted molar refractivity (Wildman–Crippen MR) is 87.1 cm³/mol. The standard InChI is InChI=1S/C18H22N2O2/c1-12-16(11-17(19-12)18(21)22)15-7-5-14(6-8-15)13(2)20-9-3-4-10-20/h5-8,11,13,19H,3-4,9-10H2,1-2H3,(H,21,22)/t13-/m1/s1. The van der Waals surface area contributed by atoms with Gasteiger partial charge in [-0.05, 0) is 57.0 Å². The number of nitrogens with one attached hydrogen (secondary N) is 1. The van der Waals surface area contributed by atoms with Crippen molar-refractivity contribution in [1.82, 2.24) is 9.88 Å². The molecule has 4 nitrogen and oxygen atoms in total. The van der Waals surface area contributed by atoms with Gasteiger partial charge in [0.2, 0.25) is 0 Å². The Balaban J connectivity index is 1.83. The molecule has 0 saturated carbocycles. The first-order valence-corrected chi connectivity index (χ1v) is 7.83. The molecule has 1 aliphatic heterocycles. The van der Waals surface area contributed by atoms with Gasteiger partial charge in [-0.1, -0.05) is 24.3 Å². The molecule has 4 heteroatoms. The topological polar surface area (TPSA) is 56.3 Å². The van der Waals surface area contributed by atoms with E-state index >= 15 is 0 Å². The van der Waals surface area contributed by atoms with Crippen LogP contribution in [0.15, 0.2) is 30.3 Å². The van der Waals surface area contributed by atoms with Crippen LogP contribution in [0.3, 0.4) is 0 Å². The van der Waals surface area contributed by atoms with Crippen LogP contribution in [0, 0.1) is 6.92 Å². The number of aryl methyl sites for hydroxylation is 1. The fourth-order valence-electron chi connectivity index (χ4n) is 3.25. The quantitative estimate of drug-likeness (QED) is 0.901. The van der Waals surface area contributed by atoms with E-state index in [2.05, 4.69) is 41.1 Å². The minimum Gasteiger partial charge on any atom is -0.477 e. The summed E-state index contributed by atoms with van der Waals surface area (Å²) >= 11 is 0. The predicted octanol–water partition coefficient (Wildman–Crippen LogP) is 3.85. The normalized spacial score (nSPS) is 16.8. The van der Waals surface area contributed by atoms with Crippen molar-refractivity contribution >= 4 is 5.97 Å². The minimum absolute atomic E-state index is 0.238. The molecule has 2 N–H and O–H groups in total. The molecule has 0 bridgehead atoms. The highest BCUT2D eigenvalue weighted by Gasteiger charge is 2.19. The molecule has 3 rings (SSSR count). The van der Waals surface area contributed by atoms with Crippen LogP contribution < -0.4 is 0 Å². The molecule has 0 radical (unpaired) electrons. The maximum absolute atomic E-state index is 11.1. The Hall–Kier alpha value is -2.07. The Morgan fingerprint density at radius 3 is 2.41 bits per heavy atom. The molecule has 0 unspecified atom stereocenters. The van der Waals surface area contributed by atoms with Crippen LogP contribution in [-0.2, 0) is 0 Å². The number of hydrogen-bond donors (Lipinski definition) is 2.